The van der Waals surface area contributed by atoms with E-state index in [-0.39, 0.29) is 11.8 Å². The summed E-state index contributed by atoms with van der Waals surface area (Å²) in [6.45, 7) is 7.33. The zero-order valence-electron chi connectivity index (χ0n) is 19.3. The van der Waals surface area contributed by atoms with E-state index in [1.807, 2.05) is 32.9 Å². The number of anilines is 2. The second kappa shape index (κ2) is 10.5. The first-order valence-electron chi connectivity index (χ1n) is 10.4. The summed E-state index contributed by atoms with van der Waals surface area (Å²) in [5.41, 5.74) is 4.47. The van der Waals surface area contributed by atoms with Crippen LogP contribution in [0.15, 0.2) is 47.0 Å². The molecule has 0 spiro atoms. The maximum Gasteiger partial charge on any atom is 0.248 e. The summed E-state index contributed by atoms with van der Waals surface area (Å²) in [6.07, 6.45) is 3.09. The monoisotopic (exact) mass is 449 g/mol. The lowest BCUT2D eigenvalue weighted by Gasteiger charge is -2.12. The largest absolute Gasteiger partial charge is 0.493 e. The SMILES string of the molecule is COc1cc(/C=C/C(=O)Nc2cc(C)ccc2NC(C)=O)ccc1OCc1c(C)noc1C. The number of amides is 2. The first kappa shape index (κ1) is 23.6. The molecule has 0 radical (unpaired) electrons. The molecule has 0 bridgehead atoms. The maximum atomic E-state index is 12.5. The van der Waals surface area contributed by atoms with Gasteiger partial charge in [-0.1, -0.05) is 17.3 Å². The van der Waals surface area contributed by atoms with Gasteiger partial charge in [-0.25, -0.2) is 0 Å². The molecular formula is C25H27N3O5. The highest BCUT2D eigenvalue weighted by molar-refractivity contribution is 6.05. The number of hydrogen-bond donors (Lipinski definition) is 2. The van der Waals surface area contributed by atoms with Crippen molar-refractivity contribution >= 4 is 29.3 Å². The fourth-order valence-corrected chi connectivity index (χ4v) is 3.17. The molecule has 0 aliphatic rings. The van der Waals surface area contributed by atoms with Crippen LogP contribution < -0.4 is 20.1 Å². The van der Waals surface area contributed by atoms with E-state index in [0.717, 1.165) is 22.4 Å². The summed E-state index contributed by atoms with van der Waals surface area (Å²) in [4.78, 5) is 23.9. The van der Waals surface area contributed by atoms with E-state index in [1.54, 1.807) is 37.5 Å². The van der Waals surface area contributed by atoms with Crippen molar-refractivity contribution in [3.05, 3.63) is 70.6 Å². The average molecular weight is 450 g/mol. The van der Waals surface area contributed by atoms with Crippen molar-refractivity contribution in [2.45, 2.75) is 34.3 Å². The van der Waals surface area contributed by atoms with Gasteiger partial charge in [-0.2, -0.15) is 0 Å². The number of methoxy groups -OCH3 is 1. The van der Waals surface area contributed by atoms with Gasteiger partial charge in [-0.3, -0.25) is 9.59 Å². The Balaban J connectivity index is 1.69. The third kappa shape index (κ3) is 6.22. The van der Waals surface area contributed by atoms with Gasteiger partial charge >= 0.3 is 0 Å². The number of ether oxygens (including phenoxy) is 2. The van der Waals surface area contributed by atoms with Crippen LogP contribution in [0.25, 0.3) is 6.08 Å². The zero-order chi connectivity index (χ0) is 24.0. The van der Waals surface area contributed by atoms with Gasteiger partial charge in [0, 0.05) is 13.0 Å². The summed E-state index contributed by atoms with van der Waals surface area (Å²) in [5, 5.41) is 9.44. The van der Waals surface area contributed by atoms with Crippen molar-refractivity contribution in [1.82, 2.24) is 5.16 Å². The van der Waals surface area contributed by atoms with E-state index in [4.69, 9.17) is 14.0 Å². The Morgan fingerprint density at radius 2 is 1.82 bits per heavy atom. The summed E-state index contributed by atoms with van der Waals surface area (Å²) in [7, 11) is 1.56. The standard InChI is InChI=1S/C25H27N3O5/c1-15-6-9-21(26-18(4)29)22(12-15)27-25(30)11-8-19-7-10-23(24(13-19)31-5)32-14-20-16(2)28-33-17(20)3/h6-13H,14H2,1-5H3,(H,26,29)(H,27,30)/b11-8+. The quantitative estimate of drug-likeness (QED) is 0.479. The normalized spacial score (nSPS) is 10.8. The van der Waals surface area contributed by atoms with Crippen LogP contribution in [0.3, 0.4) is 0 Å². The molecule has 0 fully saturated rings. The van der Waals surface area contributed by atoms with E-state index in [0.29, 0.717) is 35.2 Å². The van der Waals surface area contributed by atoms with Gasteiger partial charge in [-0.15, -0.1) is 0 Å². The Hall–Kier alpha value is -4.07. The fourth-order valence-electron chi connectivity index (χ4n) is 3.17. The molecule has 2 aromatic carbocycles. The smallest absolute Gasteiger partial charge is 0.248 e. The number of aryl methyl sites for hydroxylation is 3. The molecule has 8 heteroatoms. The predicted molar refractivity (Wildman–Crippen MR) is 126 cm³/mol. The number of benzene rings is 2. The molecule has 0 aliphatic carbocycles. The fraction of sp³-hybridized carbons (Fsp3) is 0.240. The second-order valence-electron chi connectivity index (χ2n) is 7.55. The molecule has 3 aromatic rings. The molecule has 0 saturated carbocycles. The maximum absolute atomic E-state index is 12.5. The Morgan fingerprint density at radius 3 is 2.48 bits per heavy atom. The van der Waals surface area contributed by atoms with Crippen LogP contribution >= 0.6 is 0 Å². The predicted octanol–water partition coefficient (Wildman–Crippen LogP) is 4.80. The highest BCUT2D eigenvalue weighted by Crippen LogP contribution is 2.30. The Kier molecular flexibility index (Phi) is 7.50. The molecule has 1 heterocycles. The van der Waals surface area contributed by atoms with Gasteiger partial charge in [-0.05, 0) is 62.2 Å². The van der Waals surface area contributed by atoms with Crippen LogP contribution in [-0.2, 0) is 16.2 Å². The van der Waals surface area contributed by atoms with Crippen LogP contribution in [0.4, 0.5) is 11.4 Å². The van der Waals surface area contributed by atoms with Gasteiger partial charge in [0.25, 0.3) is 0 Å². The number of aromatic nitrogens is 1. The number of carbonyl (C=O) groups is 2. The number of nitrogens with one attached hydrogen (secondary N) is 2. The van der Waals surface area contributed by atoms with Gasteiger partial charge in [0.1, 0.15) is 12.4 Å². The zero-order valence-corrected chi connectivity index (χ0v) is 19.3. The van der Waals surface area contributed by atoms with Crippen LogP contribution in [-0.4, -0.2) is 24.1 Å². The average Bonchev–Trinajstić information content (AvgIpc) is 3.10. The molecule has 0 atom stereocenters. The minimum Gasteiger partial charge on any atom is -0.493 e. The van der Waals surface area contributed by atoms with E-state index in [1.165, 1.54) is 13.0 Å². The first-order chi connectivity index (χ1) is 15.8. The minimum absolute atomic E-state index is 0.214. The summed E-state index contributed by atoms with van der Waals surface area (Å²) in [6, 6.07) is 10.8. The van der Waals surface area contributed by atoms with E-state index >= 15 is 0 Å². The molecule has 8 nitrogen and oxygen atoms in total. The lowest BCUT2D eigenvalue weighted by atomic mass is 10.1. The molecule has 3 rings (SSSR count). The Bertz CT molecular complexity index is 1180. The summed E-state index contributed by atoms with van der Waals surface area (Å²) < 4.78 is 16.5. The van der Waals surface area contributed by atoms with Crippen LogP contribution in [0.1, 0.15) is 35.1 Å². The summed E-state index contributed by atoms with van der Waals surface area (Å²) >= 11 is 0. The third-order valence-corrected chi connectivity index (χ3v) is 4.91. The van der Waals surface area contributed by atoms with Crippen molar-refractivity contribution in [3.8, 4) is 11.5 Å². The van der Waals surface area contributed by atoms with Gasteiger partial charge in [0.05, 0.1) is 29.7 Å². The van der Waals surface area contributed by atoms with Crippen LogP contribution in [0.5, 0.6) is 11.5 Å². The lowest BCUT2D eigenvalue weighted by molar-refractivity contribution is -0.114. The highest BCUT2D eigenvalue weighted by Gasteiger charge is 2.12. The van der Waals surface area contributed by atoms with Crippen LogP contribution in [0.2, 0.25) is 0 Å². The van der Waals surface area contributed by atoms with E-state index in [2.05, 4.69) is 15.8 Å². The number of rotatable bonds is 8. The number of nitrogens with zero attached hydrogens (tertiary/aromatic N) is 1. The van der Waals surface area contributed by atoms with Crippen molar-refractivity contribution in [2.75, 3.05) is 17.7 Å². The molecular weight excluding hydrogens is 422 g/mol. The number of carbonyl (C=O) groups excluding carboxylic acids is 2. The summed E-state index contributed by atoms with van der Waals surface area (Å²) in [5.74, 6) is 1.28. The van der Waals surface area contributed by atoms with Gasteiger partial charge in [0.15, 0.2) is 11.5 Å². The van der Waals surface area contributed by atoms with E-state index < -0.39 is 0 Å². The number of hydrogen-bond acceptors (Lipinski definition) is 6. The molecule has 0 unspecified atom stereocenters. The first-order valence-corrected chi connectivity index (χ1v) is 10.4. The van der Waals surface area contributed by atoms with Crippen molar-refractivity contribution in [2.24, 2.45) is 0 Å². The minimum atomic E-state index is -0.329. The Morgan fingerprint density at radius 1 is 1.03 bits per heavy atom. The lowest BCUT2D eigenvalue weighted by Crippen LogP contribution is -2.13. The van der Waals surface area contributed by atoms with Gasteiger partial charge < -0.3 is 24.6 Å². The third-order valence-electron chi connectivity index (χ3n) is 4.91. The molecule has 1 aromatic heterocycles. The van der Waals surface area contributed by atoms with Crippen molar-refractivity contribution in [3.63, 3.8) is 0 Å². The molecule has 0 saturated heterocycles. The molecule has 172 valence electrons. The van der Waals surface area contributed by atoms with Crippen molar-refractivity contribution < 1.29 is 23.6 Å². The van der Waals surface area contributed by atoms with Crippen LogP contribution in [0, 0.1) is 20.8 Å². The Labute approximate surface area is 192 Å². The van der Waals surface area contributed by atoms with E-state index in [9.17, 15) is 9.59 Å². The van der Waals surface area contributed by atoms with Gasteiger partial charge in [0.2, 0.25) is 11.8 Å². The molecule has 2 N–H and O–H groups in total. The topological polar surface area (TPSA) is 103 Å². The highest BCUT2D eigenvalue weighted by atomic mass is 16.5. The second-order valence-corrected chi connectivity index (χ2v) is 7.55. The molecule has 0 aliphatic heterocycles. The molecule has 33 heavy (non-hydrogen) atoms. The van der Waals surface area contributed by atoms with Crippen molar-refractivity contribution in [1.29, 1.82) is 0 Å². The molecule has 2 amide bonds.